The van der Waals surface area contributed by atoms with Gasteiger partial charge in [0, 0.05) is 37.0 Å². The number of rotatable bonds is 9. The van der Waals surface area contributed by atoms with Gasteiger partial charge in [0.15, 0.2) is 0 Å². The van der Waals surface area contributed by atoms with Gasteiger partial charge >= 0.3 is 0 Å². The topological polar surface area (TPSA) is 97.1 Å². The lowest BCUT2D eigenvalue weighted by molar-refractivity contribution is -0.120. The fourth-order valence-corrected chi connectivity index (χ4v) is 3.41. The second-order valence-electron chi connectivity index (χ2n) is 5.80. The highest BCUT2D eigenvalue weighted by Crippen LogP contribution is 2.27. The van der Waals surface area contributed by atoms with Crippen molar-refractivity contribution in [2.24, 2.45) is 0 Å². The lowest BCUT2D eigenvalue weighted by Crippen LogP contribution is -2.31. The summed E-state index contributed by atoms with van der Waals surface area (Å²) in [5.41, 5.74) is 2.35. The molecular formula is C18H24N4O3S. The largest absolute Gasteiger partial charge is 0.361 e. The molecule has 0 saturated heterocycles. The molecule has 2 amide bonds. The van der Waals surface area contributed by atoms with Gasteiger partial charge in [0.25, 0.3) is 5.91 Å². The molecule has 26 heavy (non-hydrogen) atoms. The molecule has 0 saturated carbocycles. The van der Waals surface area contributed by atoms with E-state index in [2.05, 4.69) is 20.8 Å². The summed E-state index contributed by atoms with van der Waals surface area (Å²) in [6, 6.07) is 3.46. The van der Waals surface area contributed by atoms with E-state index < -0.39 is 0 Å². The fourth-order valence-electron chi connectivity index (χ4n) is 2.26. The molecule has 2 aromatic heterocycles. The second-order valence-corrected chi connectivity index (χ2v) is 6.77. The summed E-state index contributed by atoms with van der Waals surface area (Å²) in [7, 11) is 0. The molecule has 2 aromatic rings. The number of carbonyl (C=O) groups is 2. The zero-order chi connectivity index (χ0) is 18.9. The molecule has 0 aliphatic heterocycles. The first-order valence-electron chi connectivity index (χ1n) is 8.57. The normalized spacial score (nSPS) is 10.6. The van der Waals surface area contributed by atoms with Crippen LogP contribution in [0, 0.1) is 13.8 Å². The van der Waals surface area contributed by atoms with E-state index in [9.17, 15) is 9.59 Å². The highest BCUT2D eigenvalue weighted by Gasteiger charge is 2.15. The minimum Gasteiger partial charge on any atom is -0.361 e. The highest BCUT2D eigenvalue weighted by atomic mass is 32.2. The van der Waals surface area contributed by atoms with Crippen molar-refractivity contribution in [3.05, 3.63) is 40.9 Å². The monoisotopic (exact) mass is 376 g/mol. The van der Waals surface area contributed by atoms with Crippen LogP contribution in [0.5, 0.6) is 0 Å². The number of thioether (sulfide) groups is 1. The number of aromatic nitrogens is 2. The maximum atomic E-state index is 12.4. The van der Waals surface area contributed by atoms with Gasteiger partial charge in [-0.25, -0.2) is 4.98 Å². The van der Waals surface area contributed by atoms with E-state index >= 15 is 0 Å². The first-order chi connectivity index (χ1) is 12.5. The Hall–Kier alpha value is -2.35. The Morgan fingerprint density at radius 3 is 2.73 bits per heavy atom. The molecule has 0 radical (unpaired) electrons. The van der Waals surface area contributed by atoms with Crippen LogP contribution < -0.4 is 10.6 Å². The average Bonchev–Trinajstić information content (AvgIpc) is 2.96. The van der Waals surface area contributed by atoms with Crippen molar-refractivity contribution in [1.82, 2.24) is 20.8 Å². The number of nitrogens with one attached hydrogen (secondary N) is 2. The van der Waals surface area contributed by atoms with E-state index in [0.717, 1.165) is 23.4 Å². The standard InChI is InChI=1S/C18H24N4O3S/c1-4-8-19-16(23)7-10-20-17(24)14-6-5-9-21-18(14)26-11-15-12(2)22-25-13(15)3/h5-6,9H,4,7-8,10-11H2,1-3H3,(H,19,23)(H,20,24). The minimum absolute atomic E-state index is 0.0636. The number of aryl methyl sites for hydroxylation is 2. The molecule has 8 heteroatoms. The van der Waals surface area contributed by atoms with Gasteiger partial charge in [0.1, 0.15) is 10.8 Å². The summed E-state index contributed by atoms with van der Waals surface area (Å²) in [5.74, 6) is 1.10. The Morgan fingerprint density at radius 2 is 2.04 bits per heavy atom. The van der Waals surface area contributed by atoms with Crippen LogP contribution in [0.15, 0.2) is 27.9 Å². The van der Waals surface area contributed by atoms with Crippen molar-refractivity contribution in [2.45, 2.75) is 44.4 Å². The molecule has 7 nitrogen and oxygen atoms in total. The number of nitrogens with zero attached hydrogens (tertiary/aromatic N) is 2. The van der Waals surface area contributed by atoms with E-state index in [1.807, 2.05) is 20.8 Å². The van der Waals surface area contributed by atoms with Crippen LogP contribution in [0.2, 0.25) is 0 Å². The van der Waals surface area contributed by atoms with Gasteiger partial charge in [-0.05, 0) is 32.4 Å². The Labute approximate surface area is 157 Å². The predicted molar refractivity (Wildman–Crippen MR) is 100 cm³/mol. The smallest absolute Gasteiger partial charge is 0.254 e. The van der Waals surface area contributed by atoms with Crippen LogP contribution in [0.1, 0.15) is 47.1 Å². The zero-order valence-corrected chi connectivity index (χ0v) is 16.1. The Kier molecular flexibility index (Phi) is 7.65. The average molecular weight is 376 g/mol. The van der Waals surface area contributed by atoms with Gasteiger partial charge in [-0.2, -0.15) is 0 Å². The van der Waals surface area contributed by atoms with E-state index in [1.165, 1.54) is 11.8 Å². The van der Waals surface area contributed by atoms with Crippen LogP contribution in [-0.4, -0.2) is 35.0 Å². The van der Waals surface area contributed by atoms with E-state index in [1.54, 1.807) is 18.3 Å². The molecule has 0 bridgehead atoms. The van der Waals surface area contributed by atoms with Crippen molar-refractivity contribution < 1.29 is 14.1 Å². The van der Waals surface area contributed by atoms with Crippen molar-refractivity contribution >= 4 is 23.6 Å². The van der Waals surface area contributed by atoms with E-state index in [-0.39, 0.29) is 24.8 Å². The van der Waals surface area contributed by atoms with Gasteiger partial charge in [0.05, 0.1) is 11.3 Å². The maximum Gasteiger partial charge on any atom is 0.254 e. The molecule has 0 atom stereocenters. The van der Waals surface area contributed by atoms with Crippen molar-refractivity contribution in [1.29, 1.82) is 0 Å². The van der Waals surface area contributed by atoms with Crippen LogP contribution in [-0.2, 0) is 10.5 Å². The van der Waals surface area contributed by atoms with Gasteiger partial charge < -0.3 is 15.2 Å². The minimum atomic E-state index is -0.234. The first kappa shape index (κ1) is 20.0. The highest BCUT2D eigenvalue weighted by molar-refractivity contribution is 7.98. The SMILES string of the molecule is CCCNC(=O)CCNC(=O)c1cccnc1SCc1c(C)noc1C. The lowest BCUT2D eigenvalue weighted by atomic mass is 10.2. The second kappa shape index (κ2) is 9.96. The number of hydrogen-bond donors (Lipinski definition) is 2. The molecule has 2 heterocycles. The molecule has 0 aromatic carbocycles. The van der Waals surface area contributed by atoms with E-state index in [0.29, 0.717) is 22.9 Å². The van der Waals surface area contributed by atoms with Crippen LogP contribution in [0.25, 0.3) is 0 Å². The van der Waals surface area contributed by atoms with Crippen molar-refractivity contribution in [3.63, 3.8) is 0 Å². The van der Waals surface area contributed by atoms with Gasteiger partial charge in [-0.3, -0.25) is 9.59 Å². The van der Waals surface area contributed by atoms with Crippen molar-refractivity contribution in [2.75, 3.05) is 13.1 Å². The van der Waals surface area contributed by atoms with Gasteiger partial charge in [0.2, 0.25) is 5.91 Å². The van der Waals surface area contributed by atoms with Crippen LogP contribution in [0.4, 0.5) is 0 Å². The number of carbonyl (C=O) groups excluding carboxylic acids is 2. The van der Waals surface area contributed by atoms with E-state index in [4.69, 9.17) is 4.52 Å². The van der Waals surface area contributed by atoms with Crippen LogP contribution in [0.3, 0.4) is 0 Å². The molecular weight excluding hydrogens is 352 g/mol. The molecule has 2 N–H and O–H groups in total. The predicted octanol–water partition coefficient (Wildman–Crippen LogP) is 2.62. The third kappa shape index (κ3) is 5.59. The summed E-state index contributed by atoms with van der Waals surface area (Å²) in [6.45, 7) is 6.69. The zero-order valence-electron chi connectivity index (χ0n) is 15.3. The molecule has 2 rings (SSSR count). The van der Waals surface area contributed by atoms with Gasteiger partial charge in [-0.1, -0.05) is 12.1 Å². The molecule has 0 aliphatic rings. The van der Waals surface area contributed by atoms with Crippen molar-refractivity contribution in [3.8, 4) is 0 Å². The number of pyridine rings is 1. The molecule has 0 unspecified atom stereocenters. The first-order valence-corrected chi connectivity index (χ1v) is 9.56. The Bertz CT molecular complexity index is 741. The molecule has 140 valence electrons. The third-order valence-electron chi connectivity index (χ3n) is 3.76. The molecule has 0 aliphatic carbocycles. The quantitative estimate of drug-likeness (QED) is 0.653. The number of amides is 2. The fraction of sp³-hybridized carbons (Fsp3) is 0.444. The summed E-state index contributed by atoms with van der Waals surface area (Å²) in [4.78, 5) is 28.3. The molecule has 0 spiro atoms. The number of hydrogen-bond acceptors (Lipinski definition) is 6. The summed E-state index contributed by atoms with van der Waals surface area (Å²) in [5, 5.41) is 10.1. The molecule has 0 fully saturated rings. The maximum absolute atomic E-state index is 12.4. The Balaban J connectivity index is 1.93. The van der Waals surface area contributed by atoms with Crippen LogP contribution >= 0.6 is 11.8 Å². The Morgan fingerprint density at radius 1 is 1.23 bits per heavy atom. The summed E-state index contributed by atoms with van der Waals surface area (Å²) in [6.07, 6.45) is 2.80. The summed E-state index contributed by atoms with van der Waals surface area (Å²) >= 11 is 1.46. The summed E-state index contributed by atoms with van der Waals surface area (Å²) < 4.78 is 5.16. The van der Waals surface area contributed by atoms with Gasteiger partial charge in [-0.15, -0.1) is 11.8 Å². The third-order valence-corrected chi connectivity index (χ3v) is 4.79. The lowest BCUT2D eigenvalue weighted by Gasteiger charge is -2.09.